The largest absolute Gasteiger partial charge is 0.383 e. The van der Waals surface area contributed by atoms with E-state index >= 15 is 0 Å². The Balaban J connectivity index is 2.13. The van der Waals surface area contributed by atoms with Gasteiger partial charge < -0.3 is 5.73 Å². The first-order valence-electron chi connectivity index (χ1n) is 5.75. The van der Waals surface area contributed by atoms with Crippen LogP contribution in [0.4, 0.5) is 5.82 Å². The molecular formula is C14H11IN4. The minimum atomic E-state index is 0.509. The number of imidazole rings is 1. The molecule has 3 rings (SSSR count). The molecule has 19 heavy (non-hydrogen) atoms. The monoisotopic (exact) mass is 362 g/mol. The molecule has 4 nitrogen and oxygen atoms in total. The van der Waals surface area contributed by atoms with Gasteiger partial charge in [-0.1, -0.05) is 0 Å². The van der Waals surface area contributed by atoms with Gasteiger partial charge in [-0.2, -0.15) is 0 Å². The third-order valence-corrected chi connectivity index (χ3v) is 3.58. The Kier molecular flexibility index (Phi) is 3.20. The van der Waals surface area contributed by atoms with E-state index in [1.165, 1.54) is 3.57 Å². The van der Waals surface area contributed by atoms with Crippen LogP contribution in [0.5, 0.6) is 0 Å². The van der Waals surface area contributed by atoms with Gasteiger partial charge in [-0.3, -0.25) is 4.57 Å². The lowest BCUT2D eigenvalue weighted by Gasteiger charge is -2.09. The second-order valence-electron chi connectivity index (χ2n) is 4.06. The summed E-state index contributed by atoms with van der Waals surface area (Å²) < 4.78 is 3.20. The van der Waals surface area contributed by atoms with Gasteiger partial charge in [-0.25, -0.2) is 9.97 Å². The molecule has 1 aromatic carbocycles. The van der Waals surface area contributed by atoms with Gasteiger partial charge in [0.1, 0.15) is 5.82 Å². The summed E-state index contributed by atoms with van der Waals surface area (Å²) in [5.41, 5.74) is 8.81. The Hall–Kier alpha value is -1.89. The third kappa shape index (κ3) is 2.33. The fraction of sp³-hybridized carbons (Fsp3) is 0. The summed E-state index contributed by atoms with van der Waals surface area (Å²) in [5, 5.41) is 0. The van der Waals surface area contributed by atoms with Crippen LogP contribution in [0.15, 0.2) is 55.1 Å². The van der Waals surface area contributed by atoms with Crippen molar-refractivity contribution in [3.05, 3.63) is 58.7 Å². The van der Waals surface area contributed by atoms with E-state index in [4.69, 9.17) is 5.73 Å². The maximum atomic E-state index is 5.93. The summed E-state index contributed by atoms with van der Waals surface area (Å²) in [4.78, 5) is 8.34. The molecule has 0 spiro atoms. The van der Waals surface area contributed by atoms with E-state index in [1.54, 1.807) is 18.7 Å². The normalized spacial score (nSPS) is 10.6. The van der Waals surface area contributed by atoms with Gasteiger partial charge in [0.15, 0.2) is 0 Å². The van der Waals surface area contributed by atoms with Crippen molar-refractivity contribution >= 4 is 28.4 Å². The molecule has 2 heterocycles. The fourth-order valence-corrected chi connectivity index (χ4v) is 2.30. The van der Waals surface area contributed by atoms with Crippen LogP contribution in [0.25, 0.3) is 16.9 Å². The van der Waals surface area contributed by atoms with E-state index in [0.29, 0.717) is 5.82 Å². The van der Waals surface area contributed by atoms with Crippen molar-refractivity contribution in [3.63, 3.8) is 0 Å². The molecule has 0 radical (unpaired) electrons. The number of halogens is 1. The first kappa shape index (κ1) is 12.2. The number of benzene rings is 1. The van der Waals surface area contributed by atoms with Crippen molar-refractivity contribution in [3.8, 4) is 16.9 Å². The van der Waals surface area contributed by atoms with Gasteiger partial charge >= 0.3 is 0 Å². The number of anilines is 1. The van der Waals surface area contributed by atoms with Crippen LogP contribution < -0.4 is 5.73 Å². The summed E-state index contributed by atoms with van der Waals surface area (Å²) in [6.45, 7) is 0. The fourth-order valence-electron chi connectivity index (χ4n) is 1.94. The summed E-state index contributed by atoms with van der Waals surface area (Å²) in [7, 11) is 0. The molecule has 0 unspecified atom stereocenters. The summed E-state index contributed by atoms with van der Waals surface area (Å²) in [6.07, 6.45) is 5.26. The zero-order valence-corrected chi connectivity index (χ0v) is 12.2. The third-order valence-electron chi connectivity index (χ3n) is 2.86. The number of rotatable bonds is 2. The second kappa shape index (κ2) is 5.00. The molecule has 5 heteroatoms. The van der Waals surface area contributed by atoms with E-state index in [0.717, 1.165) is 16.9 Å². The van der Waals surface area contributed by atoms with Crippen molar-refractivity contribution in [2.75, 3.05) is 5.73 Å². The average Bonchev–Trinajstić information content (AvgIpc) is 2.89. The zero-order chi connectivity index (χ0) is 13.2. The molecule has 0 aliphatic rings. The van der Waals surface area contributed by atoms with Crippen molar-refractivity contribution in [2.24, 2.45) is 0 Å². The Labute approximate surface area is 124 Å². The highest BCUT2D eigenvalue weighted by Gasteiger charge is 2.10. The standard InChI is InChI=1S/C14H11IN4/c15-10-3-5-11(6-4-10)19-9-17-8-13(19)12-2-1-7-18-14(12)16/h1-9H,(H2,16,18). The molecule has 0 saturated heterocycles. The molecule has 2 N–H and O–H groups in total. The lowest BCUT2D eigenvalue weighted by Crippen LogP contribution is -1.99. The van der Waals surface area contributed by atoms with Crippen LogP contribution in [0, 0.1) is 3.57 Å². The molecule has 3 aromatic rings. The number of pyridine rings is 1. The van der Waals surface area contributed by atoms with Crippen LogP contribution in [-0.4, -0.2) is 14.5 Å². The van der Waals surface area contributed by atoms with Gasteiger partial charge in [-0.05, 0) is 59.0 Å². The molecule has 94 valence electrons. The van der Waals surface area contributed by atoms with E-state index in [1.807, 2.05) is 16.7 Å². The molecule has 2 aromatic heterocycles. The summed E-state index contributed by atoms with van der Waals surface area (Å²) in [5.74, 6) is 0.509. The number of nitrogen functional groups attached to an aromatic ring is 1. The molecule has 0 amide bonds. The number of nitrogens with two attached hydrogens (primary N) is 1. The van der Waals surface area contributed by atoms with Gasteiger partial charge in [0, 0.05) is 21.0 Å². The predicted octanol–water partition coefficient (Wildman–Crippen LogP) is 3.12. The van der Waals surface area contributed by atoms with Gasteiger partial charge in [-0.15, -0.1) is 0 Å². The van der Waals surface area contributed by atoms with Crippen molar-refractivity contribution in [1.82, 2.24) is 14.5 Å². The Bertz CT molecular complexity index is 703. The summed E-state index contributed by atoms with van der Waals surface area (Å²) in [6, 6.07) is 12.1. The van der Waals surface area contributed by atoms with Crippen molar-refractivity contribution in [1.29, 1.82) is 0 Å². The van der Waals surface area contributed by atoms with Crippen LogP contribution in [-0.2, 0) is 0 Å². The molecule has 0 saturated carbocycles. The first-order valence-corrected chi connectivity index (χ1v) is 6.83. The van der Waals surface area contributed by atoms with Gasteiger partial charge in [0.25, 0.3) is 0 Å². The zero-order valence-electron chi connectivity index (χ0n) is 9.99. The van der Waals surface area contributed by atoms with E-state index < -0.39 is 0 Å². The van der Waals surface area contributed by atoms with Crippen LogP contribution in [0.2, 0.25) is 0 Å². The highest BCUT2D eigenvalue weighted by atomic mass is 127. The predicted molar refractivity (Wildman–Crippen MR) is 83.9 cm³/mol. The molecule has 0 aliphatic carbocycles. The smallest absolute Gasteiger partial charge is 0.132 e. The van der Waals surface area contributed by atoms with Gasteiger partial charge in [0.2, 0.25) is 0 Å². The lowest BCUT2D eigenvalue weighted by atomic mass is 10.2. The summed E-state index contributed by atoms with van der Waals surface area (Å²) >= 11 is 2.29. The number of hydrogen-bond acceptors (Lipinski definition) is 3. The Morgan fingerprint density at radius 2 is 1.89 bits per heavy atom. The average molecular weight is 362 g/mol. The van der Waals surface area contributed by atoms with E-state index in [9.17, 15) is 0 Å². The van der Waals surface area contributed by atoms with Crippen molar-refractivity contribution < 1.29 is 0 Å². The molecule has 0 atom stereocenters. The van der Waals surface area contributed by atoms with Crippen LogP contribution >= 0.6 is 22.6 Å². The minimum absolute atomic E-state index is 0.509. The first-order chi connectivity index (χ1) is 9.25. The van der Waals surface area contributed by atoms with Crippen LogP contribution in [0.3, 0.4) is 0 Å². The molecule has 0 bridgehead atoms. The lowest BCUT2D eigenvalue weighted by molar-refractivity contribution is 1.06. The van der Waals surface area contributed by atoms with E-state index in [-0.39, 0.29) is 0 Å². The maximum absolute atomic E-state index is 5.93. The number of nitrogens with zero attached hydrogens (tertiary/aromatic N) is 3. The highest BCUT2D eigenvalue weighted by Crippen LogP contribution is 2.26. The number of aromatic nitrogens is 3. The molecular weight excluding hydrogens is 351 g/mol. The number of hydrogen-bond donors (Lipinski definition) is 1. The Morgan fingerprint density at radius 1 is 1.11 bits per heavy atom. The second-order valence-corrected chi connectivity index (χ2v) is 5.31. The quantitative estimate of drug-likeness (QED) is 0.713. The molecule has 0 fully saturated rings. The minimum Gasteiger partial charge on any atom is -0.383 e. The van der Waals surface area contributed by atoms with Crippen molar-refractivity contribution in [2.45, 2.75) is 0 Å². The van der Waals surface area contributed by atoms with Crippen LogP contribution in [0.1, 0.15) is 0 Å². The van der Waals surface area contributed by atoms with E-state index in [2.05, 4.69) is 56.8 Å². The SMILES string of the molecule is Nc1ncccc1-c1cncn1-c1ccc(I)cc1. The highest BCUT2D eigenvalue weighted by molar-refractivity contribution is 14.1. The Morgan fingerprint density at radius 3 is 2.63 bits per heavy atom. The topological polar surface area (TPSA) is 56.7 Å². The maximum Gasteiger partial charge on any atom is 0.132 e. The molecule has 0 aliphatic heterocycles. The van der Waals surface area contributed by atoms with Gasteiger partial charge in [0.05, 0.1) is 18.2 Å².